The van der Waals surface area contributed by atoms with Crippen molar-refractivity contribution in [2.75, 3.05) is 19.5 Å². The minimum Gasteiger partial charge on any atom is -0.461 e. The van der Waals surface area contributed by atoms with Crippen LogP contribution in [0.25, 0.3) is 11.1 Å². The summed E-state index contributed by atoms with van der Waals surface area (Å²) in [4.78, 5) is 11.4. The van der Waals surface area contributed by atoms with E-state index in [0.717, 1.165) is 6.26 Å². The molecule has 7 heteroatoms. The molecule has 0 saturated carbocycles. The maximum absolute atomic E-state index is 13.2. The summed E-state index contributed by atoms with van der Waals surface area (Å²) in [5.41, 5.74) is 2.13. The van der Waals surface area contributed by atoms with Crippen LogP contribution < -0.4 is 0 Å². The minimum absolute atomic E-state index is 0.110. The van der Waals surface area contributed by atoms with E-state index in [4.69, 9.17) is 4.74 Å². The highest BCUT2D eigenvalue weighted by Crippen LogP contribution is 2.28. The van der Waals surface area contributed by atoms with Crippen molar-refractivity contribution in [1.29, 1.82) is 0 Å². The van der Waals surface area contributed by atoms with Crippen LogP contribution in [0.2, 0.25) is 0 Å². The first-order valence-corrected chi connectivity index (χ1v) is 9.64. The van der Waals surface area contributed by atoms with E-state index in [-0.39, 0.29) is 18.1 Å². The Labute approximate surface area is 151 Å². The molecule has 2 rings (SSSR count). The Kier molecular flexibility index (Phi) is 6.28. The van der Waals surface area contributed by atoms with Gasteiger partial charge in [-0.15, -0.1) is 0 Å². The molecule has 0 bridgehead atoms. The van der Waals surface area contributed by atoms with Crippen LogP contribution in [0.15, 0.2) is 53.4 Å². The lowest BCUT2D eigenvalue weighted by molar-refractivity contribution is -0.139. The zero-order valence-corrected chi connectivity index (χ0v) is 15.2. The number of ether oxygens (including phenoxy) is 1. The Bertz CT molecular complexity index is 913. The Hall–Kier alpha value is -2.51. The molecule has 1 N–H and O–H groups in total. The summed E-state index contributed by atoms with van der Waals surface area (Å²) >= 11 is 0. The fourth-order valence-corrected chi connectivity index (χ4v) is 3.06. The second kappa shape index (κ2) is 8.25. The summed E-state index contributed by atoms with van der Waals surface area (Å²) in [5, 5.41) is 9.84. The number of aliphatic hydroxyl groups is 1. The Morgan fingerprint density at radius 1 is 1.00 bits per heavy atom. The predicted molar refractivity (Wildman–Crippen MR) is 96.5 cm³/mol. The molecule has 0 aliphatic carbocycles. The van der Waals surface area contributed by atoms with Crippen LogP contribution in [-0.4, -0.2) is 39.0 Å². The van der Waals surface area contributed by atoms with Gasteiger partial charge in [-0.25, -0.2) is 12.8 Å². The highest BCUT2D eigenvalue weighted by atomic mass is 32.2. The number of hydrogen-bond acceptors (Lipinski definition) is 5. The largest absolute Gasteiger partial charge is 0.461 e. The molecule has 0 fully saturated rings. The van der Waals surface area contributed by atoms with Gasteiger partial charge in [0.2, 0.25) is 0 Å². The second-order valence-electron chi connectivity index (χ2n) is 5.70. The maximum Gasteiger partial charge on any atom is 0.302 e. The number of benzene rings is 2. The monoisotopic (exact) mass is 378 g/mol. The van der Waals surface area contributed by atoms with Crippen molar-refractivity contribution in [1.82, 2.24) is 0 Å². The van der Waals surface area contributed by atoms with Gasteiger partial charge in [-0.3, -0.25) is 4.79 Å². The lowest BCUT2D eigenvalue weighted by Gasteiger charge is -2.15. The van der Waals surface area contributed by atoms with Crippen LogP contribution in [0.3, 0.4) is 0 Å². The van der Waals surface area contributed by atoms with Crippen molar-refractivity contribution >= 4 is 27.0 Å². The van der Waals surface area contributed by atoms with E-state index >= 15 is 0 Å². The van der Waals surface area contributed by atoms with Gasteiger partial charge in [-0.05, 0) is 41.0 Å². The molecular formula is C19H19FO5S. The number of aliphatic hydroxyl groups excluding tert-OH is 1. The van der Waals surface area contributed by atoms with Gasteiger partial charge in [0, 0.05) is 18.8 Å². The molecule has 0 amide bonds. The molecule has 0 radical (unpaired) electrons. The molecule has 0 aliphatic heterocycles. The van der Waals surface area contributed by atoms with E-state index < -0.39 is 21.6 Å². The van der Waals surface area contributed by atoms with E-state index in [1.165, 1.54) is 43.3 Å². The fourth-order valence-electron chi connectivity index (χ4n) is 2.43. The molecule has 2 aromatic carbocycles. The van der Waals surface area contributed by atoms with Gasteiger partial charge in [-0.1, -0.05) is 24.3 Å². The van der Waals surface area contributed by atoms with Crippen LogP contribution in [0.5, 0.6) is 0 Å². The number of rotatable bonds is 6. The molecule has 0 heterocycles. The fraction of sp³-hybridized carbons (Fsp3) is 0.211. The van der Waals surface area contributed by atoms with Gasteiger partial charge in [-0.2, -0.15) is 0 Å². The highest BCUT2D eigenvalue weighted by molar-refractivity contribution is 7.90. The first kappa shape index (κ1) is 19.8. The molecule has 0 saturated heterocycles. The Morgan fingerprint density at radius 2 is 1.50 bits per heavy atom. The summed E-state index contributed by atoms with van der Waals surface area (Å²) in [6, 6.07) is 11.6. The van der Waals surface area contributed by atoms with E-state index in [1.54, 1.807) is 12.1 Å². The maximum atomic E-state index is 13.2. The average molecular weight is 378 g/mol. The first-order valence-electron chi connectivity index (χ1n) is 7.75. The highest BCUT2D eigenvalue weighted by Gasteiger charge is 2.14. The third kappa shape index (κ3) is 5.00. The summed E-state index contributed by atoms with van der Waals surface area (Å²) in [7, 11) is -3.35. The lowest BCUT2D eigenvalue weighted by Crippen LogP contribution is -2.07. The number of halogens is 1. The van der Waals surface area contributed by atoms with Gasteiger partial charge in [0.05, 0.1) is 11.5 Å². The van der Waals surface area contributed by atoms with Gasteiger partial charge < -0.3 is 9.84 Å². The molecule has 0 spiro atoms. The Morgan fingerprint density at radius 3 is 1.96 bits per heavy atom. The van der Waals surface area contributed by atoms with Crippen LogP contribution in [0, 0.1) is 5.82 Å². The number of esters is 1. The molecule has 2 aromatic rings. The van der Waals surface area contributed by atoms with Crippen LogP contribution in [0.4, 0.5) is 4.39 Å². The number of hydrogen-bond donors (Lipinski definition) is 1. The standard InChI is InChI=1S/C19H19FO5S/c1-13(22)25-12-19(15-5-9-17(10-6-15)26(2,23)24)18(11-21)14-3-7-16(20)8-4-14/h3-10,21H,11-12H2,1-2H3/b19-18-. The predicted octanol–water partition coefficient (Wildman–Crippen LogP) is 2.70. The van der Waals surface area contributed by atoms with Gasteiger partial charge in [0.15, 0.2) is 9.84 Å². The molecule has 5 nitrogen and oxygen atoms in total. The van der Waals surface area contributed by atoms with Gasteiger partial charge >= 0.3 is 5.97 Å². The van der Waals surface area contributed by atoms with Crippen molar-refractivity contribution in [2.24, 2.45) is 0 Å². The normalized spacial score (nSPS) is 12.5. The second-order valence-corrected chi connectivity index (χ2v) is 7.71. The zero-order chi connectivity index (χ0) is 19.3. The lowest BCUT2D eigenvalue weighted by atomic mass is 9.95. The molecule has 138 valence electrons. The topological polar surface area (TPSA) is 80.7 Å². The van der Waals surface area contributed by atoms with Crippen molar-refractivity contribution < 1.29 is 27.4 Å². The summed E-state index contributed by atoms with van der Waals surface area (Å²) in [5.74, 6) is -0.906. The first-order chi connectivity index (χ1) is 12.2. The number of carbonyl (C=O) groups excluding carboxylic acids is 1. The van der Waals surface area contributed by atoms with E-state index in [9.17, 15) is 22.7 Å². The average Bonchev–Trinajstić information content (AvgIpc) is 2.59. The van der Waals surface area contributed by atoms with Crippen LogP contribution in [0.1, 0.15) is 18.1 Å². The molecular weight excluding hydrogens is 359 g/mol. The van der Waals surface area contributed by atoms with Crippen molar-refractivity contribution in [3.05, 3.63) is 65.5 Å². The van der Waals surface area contributed by atoms with E-state index in [0.29, 0.717) is 22.3 Å². The van der Waals surface area contributed by atoms with Crippen molar-refractivity contribution in [3.8, 4) is 0 Å². The minimum atomic E-state index is -3.35. The molecule has 26 heavy (non-hydrogen) atoms. The quantitative estimate of drug-likeness (QED) is 0.617. The number of sulfone groups is 1. The van der Waals surface area contributed by atoms with Gasteiger partial charge in [0.25, 0.3) is 0 Å². The van der Waals surface area contributed by atoms with Crippen molar-refractivity contribution in [2.45, 2.75) is 11.8 Å². The molecule has 0 aromatic heterocycles. The number of carbonyl (C=O) groups is 1. The van der Waals surface area contributed by atoms with E-state index in [1.807, 2.05) is 0 Å². The summed E-state index contributed by atoms with van der Waals surface area (Å²) in [6.07, 6.45) is 1.11. The molecule has 0 aliphatic rings. The van der Waals surface area contributed by atoms with E-state index in [2.05, 4.69) is 0 Å². The summed E-state index contributed by atoms with van der Waals surface area (Å²) in [6.45, 7) is 0.789. The SMILES string of the molecule is CC(=O)OC/C(=C(\CO)c1ccc(F)cc1)c1ccc(S(C)(=O)=O)cc1. The molecule has 0 atom stereocenters. The summed E-state index contributed by atoms with van der Waals surface area (Å²) < 4.78 is 41.5. The van der Waals surface area contributed by atoms with Gasteiger partial charge in [0.1, 0.15) is 12.4 Å². The Balaban J connectivity index is 2.56. The van der Waals surface area contributed by atoms with Crippen LogP contribution in [-0.2, 0) is 19.4 Å². The zero-order valence-electron chi connectivity index (χ0n) is 14.4. The van der Waals surface area contributed by atoms with Crippen molar-refractivity contribution in [3.63, 3.8) is 0 Å². The molecule has 0 unspecified atom stereocenters. The third-order valence-electron chi connectivity index (χ3n) is 3.77. The smallest absolute Gasteiger partial charge is 0.302 e. The third-order valence-corrected chi connectivity index (χ3v) is 4.89. The van der Waals surface area contributed by atoms with Crippen LogP contribution >= 0.6 is 0 Å².